The average Bonchev–Trinajstić information content (AvgIpc) is 3.55. The maximum Gasteiger partial charge on any atom is 0.162 e. The van der Waals surface area contributed by atoms with Gasteiger partial charge in [0.2, 0.25) is 0 Å². The summed E-state index contributed by atoms with van der Waals surface area (Å²) in [4.78, 5) is 2.17. The van der Waals surface area contributed by atoms with Crippen molar-refractivity contribution in [3.8, 4) is 0 Å². The summed E-state index contributed by atoms with van der Waals surface area (Å²) in [6, 6.07) is 8.85. The summed E-state index contributed by atoms with van der Waals surface area (Å²) < 4.78 is 25.8. The summed E-state index contributed by atoms with van der Waals surface area (Å²) in [5.74, 6) is 2.42. The minimum Gasteiger partial charge on any atom is -0.368 e. The van der Waals surface area contributed by atoms with Crippen molar-refractivity contribution in [2.45, 2.75) is 82.1 Å². The molecule has 1 saturated carbocycles. The molecule has 3 aromatic rings. The van der Waals surface area contributed by atoms with Gasteiger partial charge in [0.1, 0.15) is 17.6 Å². The third kappa shape index (κ3) is 4.59. The van der Waals surface area contributed by atoms with Gasteiger partial charge in [0.25, 0.3) is 0 Å². The van der Waals surface area contributed by atoms with Crippen LogP contribution in [-0.2, 0) is 23.4 Å². The first-order valence-corrected chi connectivity index (χ1v) is 13.4. The number of piperidine rings is 1. The molecule has 1 atom stereocenters. The lowest BCUT2D eigenvalue weighted by molar-refractivity contribution is 0.0162. The normalized spacial score (nSPS) is 26.6. The molecule has 6 rings (SSSR count). The molecule has 1 aliphatic carbocycles. The predicted octanol–water partition coefficient (Wildman–Crippen LogP) is 4.28. The van der Waals surface area contributed by atoms with Crippen LogP contribution in [0.25, 0.3) is 0 Å². The Morgan fingerprint density at radius 1 is 1.03 bits per heavy atom. The summed E-state index contributed by atoms with van der Waals surface area (Å²) in [5, 5.41) is 17.9. The molecule has 3 aliphatic rings. The summed E-state index contributed by atoms with van der Waals surface area (Å²) in [7, 11) is 2.04. The highest BCUT2D eigenvalue weighted by atomic mass is 19.1. The molecule has 8 nitrogen and oxygen atoms in total. The second kappa shape index (κ2) is 9.67. The van der Waals surface area contributed by atoms with Crippen LogP contribution in [0, 0.1) is 6.92 Å². The van der Waals surface area contributed by atoms with Gasteiger partial charge in [-0.15, -0.1) is 15.3 Å². The van der Waals surface area contributed by atoms with Crippen molar-refractivity contribution in [3.05, 3.63) is 58.9 Å². The Morgan fingerprint density at radius 3 is 2.58 bits per heavy atom. The molecule has 9 heteroatoms. The number of hydrogen-bond acceptors (Lipinski definition) is 6. The van der Waals surface area contributed by atoms with E-state index in [9.17, 15) is 0 Å². The zero-order chi connectivity index (χ0) is 24.7. The Morgan fingerprint density at radius 2 is 1.81 bits per heavy atom. The first-order valence-electron chi connectivity index (χ1n) is 13.4. The standard InChI is InChI=1S/C27H36FN7O/c1-19-4-3-5-20(16-19)17-23-26-31-30-25(34(26)14-15-36-23)21-6-8-22(9-7-21)35-18-24(29-32-35)27(28)10-12-33(2)13-11-27/h3-5,16,18,21-23H,6-15,17H2,1-2H3. The fraction of sp³-hybridized carbons (Fsp3) is 0.630. The van der Waals surface area contributed by atoms with Crippen molar-refractivity contribution >= 4 is 0 Å². The first-order chi connectivity index (χ1) is 17.5. The zero-order valence-corrected chi connectivity index (χ0v) is 21.3. The van der Waals surface area contributed by atoms with Crippen LogP contribution in [-0.4, -0.2) is 61.4 Å². The SMILES string of the molecule is Cc1cccc(CC2OCCn3c(C4CCC(n5cc(C6(F)CCN(C)CC6)nn5)CC4)nnc32)c1. The molecule has 1 saturated heterocycles. The van der Waals surface area contributed by atoms with Crippen molar-refractivity contribution in [1.82, 2.24) is 34.7 Å². The van der Waals surface area contributed by atoms with E-state index in [1.807, 2.05) is 17.9 Å². The molecule has 2 fully saturated rings. The third-order valence-electron chi connectivity index (χ3n) is 8.42. The van der Waals surface area contributed by atoms with Crippen LogP contribution in [0.5, 0.6) is 0 Å². The summed E-state index contributed by atoms with van der Waals surface area (Å²) in [5.41, 5.74) is 1.68. The van der Waals surface area contributed by atoms with Crippen LogP contribution >= 0.6 is 0 Å². The Bertz CT molecular complexity index is 1190. The smallest absolute Gasteiger partial charge is 0.162 e. The number of likely N-dealkylation sites (tertiary alicyclic amines) is 1. The highest BCUT2D eigenvalue weighted by molar-refractivity contribution is 5.24. The van der Waals surface area contributed by atoms with Crippen LogP contribution in [0.2, 0.25) is 0 Å². The average molecular weight is 494 g/mol. The lowest BCUT2D eigenvalue weighted by atomic mass is 9.85. The van der Waals surface area contributed by atoms with Crippen LogP contribution < -0.4 is 0 Å². The number of rotatable bonds is 5. The molecule has 192 valence electrons. The number of hydrogen-bond donors (Lipinski definition) is 0. The van der Waals surface area contributed by atoms with E-state index in [0.717, 1.165) is 63.4 Å². The highest BCUT2D eigenvalue weighted by Crippen LogP contribution is 2.40. The van der Waals surface area contributed by atoms with Crippen LogP contribution in [0.1, 0.15) is 85.1 Å². The molecular formula is C27H36FN7O. The van der Waals surface area contributed by atoms with Crippen molar-refractivity contribution in [2.75, 3.05) is 26.7 Å². The molecule has 4 heterocycles. The minimum absolute atomic E-state index is 0.0562. The maximum absolute atomic E-state index is 15.5. The van der Waals surface area contributed by atoms with Gasteiger partial charge in [-0.2, -0.15) is 0 Å². The van der Waals surface area contributed by atoms with E-state index >= 15 is 4.39 Å². The molecule has 0 N–H and O–H groups in total. The molecule has 2 aromatic heterocycles. The van der Waals surface area contributed by atoms with Crippen LogP contribution in [0.15, 0.2) is 30.5 Å². The van der Waals surface area contributed by atoms with E-state index in [2.05, 4.69) is 61.2 Å². The van der Waals surface area contributed by atoms with Gasteiger partial charge < -0.3 is 14.2 Å². The van der Waals surface area contributed by atoms with Crippen molar-refractivity contribution in [2.24, 2.45) is 0 Å². The van der Waals surface area contributed by atoms with Gasteiger partial charge in [-0.25, -0.2) is 9.07 Å². The maximum atomic E-state index is 15.5. The lowest BCUT2D eigenvalue weighted by Gasteiger charge is -2.33. The fourth-order valence-electron chi connectivity index (χ4n) is 6.15. The predicted molar refractivity (Wildman–Crippen MR) is 133 cm³/mol. The number of ether oxygens (including phenoxy) is 1. The molecule has 0 radical (unpaired) electrons. The van der Waals surface area contributed by atoms with Crippen molar-refractivity contribution < 1.29 is 9.13 Å². The first kappa shape index (κ1) is 23.7. The number of alkyl halides is 1. The number of halogens is 1. The van der Waals surface area contributed by atoms with E-state index in [0.29, 0.717) is 31.1 Å². The van der Waals surface area contributed by atoms with Crippen LogP contribution in [0.4, 0.5) is 4.39 Å². The molecule has 1 unspecified atom stereocenters. The van der Waals surface area contributed by atoms with E-state index in [4.69, 9.17) is 4.74 Å². The number of aromatic nitrogens is 6. The molecule has 0 spiro atoms. The van der Waals surface area contributed by atoms with Gasteiger partial charge in [0.15, 0.2) is 11.5 Å². The second-order valence-corrected chi connectivity index (χ2v) is 11.0. The summed E-state index contributed by atoms with van der Waals surface area (Å²) in [6.45, 7) is 5.13. The van der Waals surface area contributed by atoms with Gasteiger partial charge >= 0.3 is 0 Å². The molecule has 0 bridgehead atoms. The van der Waals surface area contributed by atoms with Gasteiger partial charge in [0.05, 0.1) is 18.8 Å². The van der Waals surface area contributed by atoms with E-state index in [1.54, 1.807) is 0 Å². The van der Waals surface area contributed by atoms with Crippen molar-refractivity contribution in [1.29, 1.82) is 0 Å². The monoisotopic (exact) mass is 493 g/mol. The molecule has 1 aromatic carbocycles. The lowest BCUT2D eigenvalue weighted by Crippen LogP contribution is -2.38. The van der Waals surface area contributed by atoms with E-state index in [-0.39, 0.29) is 12.1 Å². The number of nitrogens with zero attached hydrogens (tertiary/aromatic N) is 7. The van der Waals surface area contributed by atoms with E-state index in [1.165, 1.54) is 11.1 Å². The zero-order valence-electron chi connectivity index (χ0n) is 21.3. The van der Waals surface area contributed by atoms with Gasteiger partial charge in [0, 0.05) is 44.8 Å². The van der Waals surface area contributed by atoms with Crippen LogP contribution in [0.3, 0.4) is 0 Å². The highest BCUT2D eigenvalue weighted by Gasteiger charge is 2.39. The summed E-state index contributed by atoms with van der Waals surface area (Å²) in [6.07, 6.45) is 7.61. The summed E-state index contributed by atoms with van der Waals surface area (Å²) >= 11 is 0. The van der Waals surface area contributed by atoms with Gasteiger partial charge in [-0.3, -0.25) is 0 Å². The largest absolute Gasteiger partial charge is 0.368 e. The Hall–Kier alpha value is -2.65. The fourth-order valence-corrected chi connectivity index (χ4v) is 6.15. The number of aryl methyl sites for hydroxylation is 1. The molecular weight excluding hydrogens is 457 g/mol. The molecule has 0 amide bonds. The Labute approximate surface area is 211 Å². The third-order valence-corrected chi connectivity index (χ3v) is 8.42. The van der Waals surface area contributed by atoms with Gasteiger partial charge in [-0.05, 0) is 45.2 Å². The second-order valence-electron chi connectivity index (χ2n) is 11.0. The molecule has 2 aliphatic heterocycles. The quantitative estimate of drug-likeness (QED) is 0.528. The Balaban J connectivity index is 1.11. The van der Waals surface area contributed by atoms with Gasteiger partial charge in [-0.1, -0.05) is 35.0 Å². The molecule has 36 heavy (non-hydrogen) atoms. The number of benzene rings is 1. The van der Waals surface area contributed by atoms with Crippen molar-refractivity contribution in [3.63, 3.8) is 0 Å². The number of fused-ring (bicyclic) bond motifs is 1. The topological polar surface area (TPSA) is 73.9 Å². The van der Waals surface area contributed by atoms with E-state index < -0.39 is 5.67 Å². The minimum atomic E-state index is -1.35. The Kier molecular flexibility index (Phi) is 6.37.